The van der Waals surface area contributed by atoms with E-state index in [4.69, 9.17) is 0 Å². The SMILES string of the molecule is FC1(F)CC[C@@H](Nc2ccccc2)C1. The number of alkyl halides is 2. The molecule has 0 radical (unpaired) electrons. The molecular weight excluding hydrogens is 184 g/mol. The van der Waals surface area contributed by atoms with E-state index in [1.807, 2.05) is 30.3 Å². The van der Waals surface area contributed by atoms with Gasteiger partial charge in [0.1, 0.15) is 0 Å². The van der Waals surface area contributed by atoms with Crippen LogP contribution in [0.3, 0.4) is 0 Å². The summed E-state index contributed by atoms with van der Waals surface area (Å²) >= 11 is 0. The van der Waals surface area contributed by atoms with E-state index in [-0.39, 0.29) is 18.9 Å². The monoisotopic (exact) mass is 197 g/mol. The Morgan fingerprint density at radius 1 is 1.21 bits per heavy atom. The lowest BCUT2D eigenvalue weighted by Gasteiger charge is -2.13. The van der Waals surface area contributed by atoms with Gasteiger partial charge in [-0.05, 0) is 18.6 Å². The van der Waals surface area contributed by atoms with Crippen LogP contribution in [0.1, 0.15) is 19.3 Å². The van der Waals surface area contributed by atoms with Gasteiger partial charge in [0.05, 0.1) is 0 Å². The minimum atomic E-state index is -2.47. The first-order chi connectivity index (χ1) is 6.66. The molecule has 1 nitrogen and oxygen atoms in total. The predicted molar refractivity (Wildman–Crippen MR) is 52.7 cm³/mol. The molecule has 1 aromatic carbocycles. The minimum Gasteiger partial charge on any atom is -0.382 e. The van der Waals surface area contributed by atoms with Crippen LogP contribution < -0.4 is 5.32 Å². The van der Waals surface area contributed by atoms with Gasteiger partial charge in [-0.1, -0.05) is 18.2 Å². The van der Waals surface area contributed by atoms with Crippen molar-refractivity contribution < 1.29 is 8.78 Å². The van der Waals surface area contributed by atoms with Crippen molar-refractivity contribution in [3.8, 4) is 0 Å². The van der Waals surface area contributed by atoms with Crippen LogP contribution in [0.25, 0.3) is 0 Å². The molecule has 0 aromatic heterocycles. The van der Waals surface area contributed by atoms with Crippen molar-refractivity contribution in [2.75, 3.05) is 5.32 Å². The molecule has 1 atom stereocenters. The number of anilines is 1. The Bertz CT molecular complexity index is 297. The molecule has 0 bridgehead atoms. The predicted octanol–water partition coefficient (Wildman–Crippen LogP) is 3.29. The third-order valence-corrected chi connectivity index (χ3v) is 2.55. The summed E-state index contributed by atoms with van der Waals surface area (Å²) < 4.78 is 25.7. The molecule has 0 heterocycles. The van der Waals surface area contributed by atoms with Crippen molar-refractivity contribution in [3.05, 3.63) is 30.3 Å². The Morgan fingerprint density at radius 2 is 1.93 bits per heavy atom. The molecule has 0 amide bonds. The largest absolute Gasteiger partial charge is 0.382 e. The fourth-order valence-electron chi connectivity index (χ4n) is 1.84. The zero-order valence-corrected chi connectivity index (χ0v) is 7.84. The van der Waals surface area contributed by atoms with Crippen molar-refractivity contribution in [3.63, 3.8) is 0 Å². The molecule has 0 unspecified atom stereocenters. The Kier molecular flexibility index (Phi) is 2.40. The molecule has 0 spiro atoms. The second-order valence-corrected chi connectivity index (χ2v) is 3.81. The fourth-order valence-corrected chi connectivity index (χ4v) is 1.84. The lowest BCUT2D eigenvalue weighted by molar-refractivity contribution is 0.00853. The molecule has 1 aliphatic carbocycles. The molecule has 3 heteroatoms. The van der Waals surface area contributed by atoms with E-state index in [0.717, 1.165) is 5.69 Å². The number of hydrogen-bond acceptors (Lipinski definition) is 1. The van der Waals surface area contributed by atoms with Crippen molar-refractivity contribution >= 4 is 5.69 Å². The summed E-state index contributed by atoms with van der Waals surface area (Å²) in [7, 11) is 0. The Balaban J connectivity index is 1.94. The Hall–Kier alpha value is -1.12. The van der Waals surface area contributed by atoms with Crippen LogP contribution in [0.15, 0.2) is 30.3 Å². The van der Waals surface area contributed by atoms with Gasteiger partial charge in [0.2, 0.25) is 5.92 Å². The van der Waals surface area contributed by atoms with Crippen LogP contribution in [-0.2, 0) is 0 Å². The smallest absolute Gasteiger partial charge is 0.250 e. The normalized spacial score (nSPS) is 24.9. The van der Waals surface area contributed by atoms with Crippen LogP contribution in [0.4, 0.5) is 14.5 Å². The van der Waals surface area contributed by atoms with Gasteiger partial charge in [0, 0.05) is 24.6 Å². The van der Waals surface area contributed by atoms with Crippen molar-refractivity contribution in [2.45, 2.75) is 31.2 Å². The van der Waals surface area contributed by atoms with Gasteiger partial charge in [0.15, 0.2) is 0 Å². The van der Waals surface area contributed by atoms with E-state index in [0.29, 0.717) is 6.42 Å². The first kappa shape index (κ1) is 9.44. The van der Waals surface area contributed by atoms with Crippen LogP contribution in [-0.4, -0.2) is 12.0 Å². The summed E-state index contributed by atoms with van der Waals surface area (Å²) in [5.74, 6) is -2.47. The average Bonchev–Trinajstić information content (AvgIpc) is 2.47. The van der Waals surface area contributed by atoms with E-state index in [1.54, 1.807) is 0 Å². The number of para-hydroxylation sites is 1. The van der Waals surface area contributed by atoms with Gasteiger partial charge < -0.3 is 5.32 Å². The zero-order chi connectivity index (χ0) is 10.0. The second kappa shape index (κ2) is 3.56. The lowest BCUT2D eigenvalue weighted by atomic mass is 10.2. The number of hydrogen-bond donors (Lipinski definition) is 1. The quantitative estimate of drug-likeness (QED) is 0.767. The highest BCUT2D eigenvalue weighted by molar-refractivity contribution is 5.43. The fraction of sp³-hybridized carbons (Fsp3) is 0.455. The highest BCUT2D eigenvalue weighted by atomic mass is 19.3. The maximum atomic E-state index is 12.9. The number of benzene rings is 1. The molecule has 76 valence electrons. The van der Waals surface area contributed by atoms with Gasteiger partial charge in [-0.15, -0.1) is 0 Å². The molecule has 1 fully saturated rings. The van der Waals surface area contributed by atoms with E-state index in [1.165, 1.54) is 0 Å². The molecule has 2 rings (SSSR count). The first-order valence-electron chi connectivity index (χ1n) is 4.85. The number of nitrogens with one attached hydrogen (secondary N) is 1. The molecule has 0 aliphatic heterocycles. The summed E-state index contributed by atoms with van der Waals surface area (Å²) in [4.78, 5) is 0. The number of halogens is 2. The summed E-state index contributed by atoms with van der Waals surface area (Å²) in [5.41, 5.74) is 0.926. The van der Waals surface area contributed by atoms with Gasteiger partial charge >= 0.3 is 0 Å². The molecule has 14 heavy (non-hydrogen) atoms. The lowest BCUT2D eigenvalue weighted by Crippen LogP contribution is -2.18. The van der Waals surface area contributed by atoms with E-state index in [2.05, 4.69) is 5.32 Å². The molecule has 0 saturated heterocycles. The van der Waals surface area contributed by atoms with Gasteiger partial charge in [0.25, 0.3) is 0 Å². The van der Waals surface area contributed by atoms with E-state index in [9.17, 15) is 8.78 Å². The van der Waals surface area contributed by atoms with Crippen molar-refractivity contribution in [1.82, 2.24) is 0 Å². The van der Waals surface area contributed by atoms with Crippen LogP contribution in [0.2, 0.25) is 0 Å². The van der Waals surface area contributed by atoms with Crippen LogP contribution >= 0.6 is 0 Å². The molecular formula is C11H13F2N. The highest BCUT2D eigenvalue weighted by Gasteiger charge is 2.39. The Morgan fingerprint density at radius 3 is 2.50 bits per heavy atom. The molecule has 1 aromatic rings. The summed E-state index contributed by atoms with van der Waals surface area (Å²) in [6.45, 7) is 0. The molecule has 1 N–H and O–H groups in total. The van der Waals surface area contributed by atoms with Gasteiger partial charge in [-0.25, -0.2) is 8.78 Å². The maximum Gasteiger partial charge on any atom is 0.250 e. The van der Waals surface area contributed by atoms with Crippen LogP contribution in [0.5, 0.6) is 0 Å². The Labute approximate surface area is 82.1 Å². The van der Waals surface area contributed by atoms with Gasteiger partial charge in [-0.3, -0.25) is 0 Å². The van der Waals surface area contributed by atoms with Crippen molar-refractivity contribution in [1.29, 1.82) is 0 Å². The average molecular weight is 197 g/mol. The molecule has 1 aliphatic rings. The molecule has 1 saturated carbocycles. The van der Waals surface area contributed by atoms with E-state index >= 15 is 0 Å². The third-order valence-electron chi connectivity index (χ3n) is 2.55. The maximum absolute atomic E-state index is 12.9. The summed E-state index contributed by atoms with van der Waals surface area (Å²) in [6, 6.07) is 9.43. The number of rotatable bonds is 2. The topological polar surface area (TPSA) is 12.0 Å². The zero-order valence-electron chi connectivity index (χ0n) is 7.84. The minimum absolute atomic E-state index is 0.0114. The van der Waals surface area contributed by atoms with E-state index < -0.39 is 5.92 Å². The van der Waals surface area contributed by atoms with Gasteiger partial charge in [-0.2, -0.15) is 0 Å². The summed E-state index contributed by atoms with van der Waals surface area (Å²) in [6.07, 6.45) is 0.529. The van der Waals surface area contributed by atoms with Crippen molar-refractivity contribution in [2.24, 2.45) is 0 Å². The highest BCUT2D eigenvalue weighted by Crippen LogP contribution is 2.36. The summed E-state index contributed by atoms with van der Waals surface area (Å²) in [5, 5.41) is 3.12. The standard InChI is InChI=1S/C11H13F2N/c12-11(13)7-6-10(8-11)14-9-4-2-1-3-5-9/h1-5,10,14H,6-8H2/t10-/m1/s1. The first-order valence-corrected chi connectivity index (χ1v) is 4.85. The van der Waals surface area contributed by atoms with Crippen LogP contribution in [0, 0.1) is 0 Å². The third kappa shape index (κ3) is 2.22. The second-order valence-electron chi connectivity index (χ2n) is 3.81.